The van der Waals surface area contributed by atoms with Crippen molar-refractivity contribution in [3.63, 3.8) is 0 Å². The van der Waals surface area contributed by atoms with Gasteiger partial charge in [-0.05, 0) is 51.3 Å². The summed E-state index contributed by atoms with van der Waals surface area (Å²) in [5, 5.41) is 2.65. The Morgan fingerprint density at radius 1 is 1.21 bits per heavy atom. The first-order valence-corrected chi connectivity index (χ1v) is 11.1. The van der Waals surface area contributed by atoms with Crippen molar-refractivity contribution in [3.05, 3.63) is 29.8 Å². The third-order valence-electron chi connectivity index (χ3n) is 4.11. The van der Waals surface area contributed by atoms with Crippen molar-refractivity contribution < 1.29 is 22.7 Å². The Morgan fingerprint density at radius 2 is 1.86 bits per heavy atom. The van der Waals surface area contributed by atoms with Crippen LogP contribution in [0.1, 0.15) is 39.2 Å². The summed E-state index contributed by atoms with van der Waals surface area (Å²) >= 11 is 0. The van der Waals surface area contributed by atoms with Gasteiger partial charge in [-0.2, -0.15) is 0 Å². The number of piperidine rings is 1. The van der Waals surface area contributed by atoms with Gasteiger partial charge in [-0.3, -0.25) is 10.1 Å². The maximum atomic E-state index is 12.6. The van der Waals surface area contributed by atoms with Crippen LogP contribution in [0.15, 0.2) is 24.3 Å². The Bertz CT molecular complexity index is 800. The molecule has 1 aromatic rings. The second-order valence-electron chi connectivity index (χ2n) is 8.07. The van der Waals surface area contributed by atoms with Gasteiger partial charge in [0.15, 0.2) is 0 Å². The standard InChI is InChI=1S/C19H29N3O5S/c1-19(2,3)27-18(24)20-15-9-7-14(8-10-15)12-17(23)22-11-5-6-16(13-22)21-28(4,25)26/h7-10,16,21H,5-6,11-13H2,1-4H3,(H,20,24)/t16-/m0/s1. The number of nitrogens with zero attached hydrogens (tertiary/aromatic N) is 1. The zero-order valence-electron chi connectivity index (χ0n) is 16.8. The lowest BCUT2D eigenvalue weighted by Gasteiger charge is -2.32. The van der Waals surface area contributed by atoms with Crippen molar-refractivity contribution >= 4 is 27.7 Å². The van der Waals surface area contributed by atoms with Gasteiger partial charge < -0.3 is 9.64 Å². The number of sulfonamides is 1. The predicted octanol–water partition coefficient (Wildman–Crippen LogP) is 2.12. The number of hydrogen-bond donors (Lipinski definition) is 2. The molecule has 8 nitrogen and oxygen atoms in total. The number of carbonyl (C=O) groups is 2. The van der Waals surface area contributed by atoms with E-state index in [1.54, 1.807) is 49.9 Å². The number of likely N-dealkylation sites (tertiary alicyclic amines) is 1. The molecule has 2 amide bonds. The number of carbonyl (C=O) groups excluding carboxylic acids is 2. The summed E-state index contributed by atoms with van der Waals surface area (Å²) in [4.78, 5) is 26.0. The Balaban J connectivity index is 1.89. The fourth-order valence-electron chi connectivity index (χ4n) is 3.02. The zero-order chi connectivity index (χ0) is 20.9. The first-order valence-electron chi connectivity index (χ1n) is 9.25. The van der Waals surface area contributed by atoms with Crippen LogP contribution in [-0.2, 0) is 26.0 Å². The van der Waals surface area contributed by atoms with Crippen molar-refractivity contribution in [2.75, 3.05) is 24.7 Å². The van der Waals surface area contributed by atoms with Gasteiger partial charge in [-0.1, -0.05) is 12.1 Å². The number of ether oxygens (including phenoxy) is 1. The van der Waals surface area contributed by atoms with E-state index in [-0.39, 0.29) is 18.4 Å². The predicted molar refractivity (Wildman–Crippen MR) is 108 cm³/mol. The van der Waals surface area contributed by atoms with Gasteiger partial charge in [0.1, 0.15) is 5.60 Å². The van der Waals surface area contributed by atoms with E-state index >= 15 is 0 Å². The molecule has 0 saturated carbocycles. The average Bonchev–Trinajstić information content (AvgIpc) is 2.53. The van der Waals surface area contributed by atoms with Crippen LogP contribution in [0.4, 0.5) is 10.5 Å². The van der Waals surface area contributed by atoms with E-state index in [4.69, 9.17) is 4.74 Å². The van der Waals surface area contributed by atoms with Crippen LogP contribution in [0.3, 0.4) is 0 Å². The smallest absolute Gasteiger partial charge is 0.412 e. The number of benzene rings is 1. The molecule has 1 aromatic carbocycles. The van der Waals surface area contributed by atoms with Gasteiger partial charge in [0, 0.05) is 24.8 Å². The van der Waals surface area contributed by atoms with E-state index in [1.807, 2.05) is 0 Å². The van der Waals surface area contributed by atoms with Crippen LogP contribution in [0.25, 0.3) is 0 Å². The number of anilines is 1. The molecule has 156 valence electrons. The molecule has 2 N–H and O–H groups in total. The molecule has 1 saturated heterocycles. The maximum Gasteiger partial charge on any atom is 0.412 e. The lowest BCUT2D eigenvalue weighted by atomic mass is 10.0. The second-order valence-corrected chi connectivity index (χ2v) is 9.85. The number of nitrogens with one attached hydrogen (secondary N) is 2. The quantitative estimate of drug-likeness (QED) is 0.772. The fraction of sp³-hybridized carbons (Fsp3) is 0.579. The van der Waals surface area contributed by atoms with E-state index in [1.165, 1.54) is 0 Å². The third kappa shape index (κ3) is 7.85. The van der Waals surface area contributed by atoms with E-state index in [0.29, 0.717) is 18.8 Å². The van der Waals surface area contributed by atoms with Gasteiger partial charge in [-0.15, -0.1) is 0 Å². The largest absolute Gasteiger partial charge is 0.444 e. The molecule has 0 bridgehead atoms. The van der Waals surface area contributed by atoms with Crippen LogP contribution in [0.5, 0.6) is 0 Å². The minimum Gasteiger partial charge on any atom is -0.444 e. The fourth-order valence-corrected chi connectivity index (χ4v) is 3.81. The second kappa shape index (κ2) is 8.91. The van der Waals surface area contributed by atoms with E-state index in [9.17, 15) is 18.0 Å². The number of rotatable bonds is 5. The van der Waals surface area contributed by atoms with Crippen LogP contribution >= 0.6 is 0 Å². The molecule has 0 aromatic heterocycles. The highest BCUT2D eigenvalue weighted by Crippen LogP contribution is 2.16. The Labute approximate surface area is 166 Å². The molecule has 9 heteroatoms. The van der Waals surface area contributed by atoms with Gasteiger partial charge >= 0.3 is 6.09 Å². The zero-order valence-corrected chi connectivity index (χ0v) is 17.6. The highest BCUT2D eigenvalue weighted by atomic mass is 32.2. The summed E-state index contributed by atoms with van der Waals surface area (Å²) in [6.07, 6.45) is 2.30. The van der Waals surface area contributed by atoms with E-state index in [2.05, 4.69) is 10.0 Å². The third-order valence-corrected chi connectivity index (χ3v) is 4.87. The summed E-state index contributed by atoms with van der Waals surface area (Å²) in [5.74, 6) is -0.0483. The molecule has 0 spiro atoms. The summed E-state index contributed by atoms with van der Waals surface area (Å²) in [7, 11) is -3.29. The maximum absolute atomic E-state index is 12.6. The van der Waals surface area contributed by atoms with Crippen LogP contribution in [-0.4, -0.2) is 56.3 Å². The van der Waals surface area contributed by atoms with Crippen molar-refractivity contribution in [2.24, 2.45) is 0 Å². The Morgan fingerprint density at radius 3 is 2.43 bits per heavy atom. The molecule has 1 heterocycles. The minimum atomic E-state index is -3.29. The molecule has 0 radical (unpaired) electrons. The molecule has 2 rings (SSSR count). The molecule has 28 heavy (non-hydrogen) atoms. The van der Waals surface area contributed by atoms with Crippen molar-refractivity contribution in [3.8, 4) is 0 Å². The summed E-state index contributed by atoms with van der Waals surface area (Å²) in [5.41, 5.74) is 0.827. The molecule has 1 aliphatic rings. The molecule has 0 aliphatic carbocycles. The van der Waals surface area contributed by atoms with E-state index in [0.717, 1.165) is 24.7 Å². The molecule has 1 fully saturated rings. The SMILES string of the molecule is CC(C)(C)OC(=O)Nc1ccc(CC(=O)N2CCC[C@H](NS(C)(=O)=O)C2)cc1. The average molecular weight is 412 g/mol. The van der Waals surface area contributed by atoms with Crippen molar-refractivity contribution in [2.45, 2.75) is 51.7 Å². The number of hydrogen-bond acceptors (Lipinski definition) is 5. The van der Waals surface area contributed by atoms with Gasteiger partial charge in [0.05, 0.1) is 12.7 Å². The van der Waals surface area contributed by atoms with Gasteiger partial charge in [0.2, 0.25) is 15.9 Å². The van der Waals surface area contributed by atoms with Crippen LogP contribution in [0.2, 0.25) is 0 Å². The summed E-state index contributed by atoms with van der Waals surface area (Å²) in [6, 6.07) is 6.75. The Kier molecular flexibility index (Phi) is 7.06. The molecule has 0 unspecified atom stereocenters. The van der Waals surface area contributed by atoms with Gasteiger partial charge in [-0.25, -0.2) is 17.9 Å². The minimum absolute atomic E-state index is 0.0483. The Hall–Kier alpha value is -2.13. The van der Waals surface area contributed by atoms with Crippen molar-refractivity contribution in [1.29, 1.82) is 0 Å². The molecule has 1 aliphatic heterocycles. The van der Waals surface area contributed by atoms with Crippen LogP contribution in [0, 0.1) is 0 Å². The number of amides is 2. The topological polar surface area (TPSA) is 105 Å². The molecular formula is C19H29N3O5S. The van der Waals surface area contributed by atoms with Crippen LogP contribution < -0.4 is 10.0 Å². The van der Waals surface area contributed by atoms with Crippen molar-refractivity contribution in [1.82, 2.24) is 9.62 Å². The first kappa shape index (κ1) is 22.2. The summed E-state index contributed by atoms with van der Waals surface area (Å²) in [6.45, 7) is 6.37. The normalized spacial score (nSPS) is 17.9. The molecule has 1 atom stereocenters. The highest BCUT2D eigenvalue weighted by Gasteiger charge is 2.25. The molecular weight excluding hydrogens is 382 g/mol. The lowest BCUT2D eigenvalue weighted by Crippen LogP contribution is -2.49. The highest BCUT2D eigenvalue weighted by molar-refractivity contribution is 7.88. The summed E-state index contributed by atoms with van der Waals surface area (Å²) < 4.78 is 30.6. The van der Waals surface area contributed by atoms with E-state index < -0.39 is 21.7 Å². The lowest BCUT2D eigenvalue weighted by molar-refractivity contribution is -0.131. The monoisotopic (exact) mass is 411 g/mol. The van der Waals surface area contributed by atoms with Gasteiger partial charge in [0.25, 0.3) is 0 Å². The first-order chi connectivity index (χ1) is 12.9.